The van der Waals surface area contributed by atoms with Crippen LogP contribution in [-0.2, 0) is 9.59 Å². The van der Waals surface area contributed by atoms with Gasteiger partial charge in [-0.15, -0.1) is 0 Å². The number of nitrogens with zero attached hydrogens (tertiary/aromatic N) is 1. The van der Waals surface area contributed by atoms with Crippen molar-refractivity contribution in [3.05, 3.63) is 29.8 Å². The highest BCUT2D eigenvalue weighted by Gasteiger charge is 2.32. The summed E-state index contributed by atoms with van der Waals surface area (Å²) in [6.45, 7) is 3.30. The smallest absolute Gasteiger partial charge is 0.255 e. The Morgan fingerprint density at radius 2 is 1.96 bits per heavy atom. The number of methoxy groups -OCH3 is 1. The van der Waals surface area contributed by atoms with Crippen LogP contribution in [0.15, 0.2) is 24.3 Å². The molecule has 0 aliphatic carbocycles. The Morgan fingerprint density at radius 3 is 2.54 bits per heavy atom. The normalized spacial score (nSPS) is 16.3. The van der Waals surface area contributed by atoms with Crippen molar-refractivity contribution in [3.8, 4) is 5.75 Å². The topological polar surface area (TPSA) is 75.7 Å². The lowest BCUT2D eigenvalue weighted by molar-refractivity contribution is -0.136. The number of carbonyl (C=O) groups is 3. The molecule has 0 bridgehead atoms. The summed E-state index contributed by atoms with van der Waals surface area (Å²) >= 11 is 0. The molecule has 0 saturated carbocycles. The lowest BCUT2D eigenvalue weighted by Gasteiger charge is -2.26. The third kappa shape index (κ3) is 3.93. The summed E-state index contributed by atoms with van der Waals surface area (Å²) < 4.78 is 5.17. The maximum Gasteiger partial charge on any atom is 0.255 e. The van der Waals surface area contributed by atoms with Gasteiger partial charge in [0.05, 0.1) is 24.6 Å². The molecule has 6 heteroatoms. The highest BCUT2D eigenvalue weighted by molar-refractivity contribution is 5.99. The van der Waals surface area contributed by atoms with Crippen molar-refractivity contribution in [2.45, 2.75) is 32.2 Å². The Bertz CT molecular complexity index is 596. The van der Waals surface area contributed by atoms with Gasteiger partial charge in [0.2, 0.25) is 5.91 Å². The van der Waals surface area contributed by atoms with E-state index in [-0.39, 0.29) is 5.91 Å². The first kappa shape index (κ1) is 18.0. The Kier molecular flexibility index (Phi) is 6.35. The average molecular weight is 332 g/mol. The predicted octanol–water partition coefficient (Wildman–Crippen LogP) is 1.64. The van der Waals surface area contributed by atoms with Crippen LogP contribution in [0.4, 0.5) is 0 Å². The Hall–Kier alpha value is -2.37. The van der Waals surface area contributed by atoms with Crippen molar-refractivity contribution >= 4 is 18.1 Å². The summed E-state index contributed by atoms with van der Waals surface area (Å²) in [5, 5.41) is 2.68. The molecule has 0 radical (unpaired) electrons. The molecule has 1 aromatic rings. The highest BCUT2D eigenvalue weighted by atomic mass is 16.5. The molecule has 0 spiro atoms. The van der Waals surface area contributed by atoms with Gasteiger partial charge in [-0.1, -0.05) is 19.1 Å². The number of hydrogen-bond donors (Lipinski definition) is 1. The third-order valence-corrected chi connectivity index (χ3v) is 4.40. The van der Waals surface area contributed by atoms with Crippen LogP contribution in [0.1, 0.15) is 36.5 Å². The fourth-order valence-electron chi connectivity index (χ4n) is 3.04. The van der Waals surface area contributed by atoms with Crippen molar-refractivity contribution in [2.75, 3.05) is 20.2 Å². The van der Waals surface area contributed by atoms with Crippen molar-refractivity contribution in [3.63, 3.8) is 0 Å². The molecule has 1 fully saturated rings. The summed E-state index contributed by atoms with van der Waals surface area (Å²) in [7, 11) is 1.48. The highest BCUT2D eigenvalue weighted by Crippen LogP contribution is 2.20. The molecule has 1 N–H and O–H groups in total. The van der Waals surface area contributed by atoms with Gasteiger partial charge in [0.25, 0.3) is 5.91 Å². The lowest BCUT2D eigenvalue weighted by Crippen LogP contribution is -2.48. The van der Waals surface area contributed by atoms with Crippen molar-refractivity contribution in [2.24, 2.45) is 5.92 Å². The lowest BCUT2D eigenvalue weighted by atomic mass is 9.95. The molecule has 1 aliphatic heterocycles. The van der Waals surface area contributed by atoms with Gasteiger partial charge in [-0.25, -0.2) is 0 Å². The minimum Gasteiger partial charge on any atom is -0.496 e. The zero-order valence-electron chi connectivity index (χ0n) is 14.2. The maximum absolute atomic E-state index is 12.6. The van der Waals surface area contributed by atoms with E-state index in [0.29, 0.717) is 24.0 Å². The van der Waals surface area contributed by atoms with Crippen molar-refractivity contribution in [1.29, 1.82) is 0 Å². The first-order chi connectivity index (χ1) is 11.6. The van der Waals surface area contributed by atoms with E-state index in [1.165, 1.54) is 7.11 Å². The second kappa shape index (κ2) is 8.47. The number of rotatable bonds is 7. The van der Waals surface area contributed by atoms with Crippen LogP contribution in [0.25, 0.3) is 0 Å². The van der Waals surface area contributed by atoms with Gasteiger partial charge in [0, 0.05) is 13.1 Å². The summed E-state index contributed by atoms with van der Waals surface area (Å²) in [5.41, 5.74) is 0.343. The number of likely N-dealkylation sites (tertiary alicyclic amines) is 1. The molecular formula is C18H24N2O4. The first-order valence-corrected chi connectivity index (χ1v) is 8.30. The van der Waals surface area contributed by atoms with Crippen molar-refractivity contribution in [1.82, 2.24) is 10.2 Å². The molecule has 2 amide bonds. The van der Waals surface area contributed by atoms with Gasteiger partial charge in [-0.05, 0) is 31.4 Å². The fraction of sp³-hybridized carbons (Fsp3) is 0.500. The number of aldehydes is 1. The van der Waals surface area contributed by atoms with E-state index in [0.717, 1.165) is 25.9 Å². The van der Waals surface area contributed by atoms with Crippen LogP contribution in [0, 0.1) is 5.92 Å². The summed E-state index contributed by atoms with van der Waals surface area (Å²) in [4.78, 5) is 38.4. The molecule has 24 heavy (non-hydrogen) atoms. The van der Waals surface area contributed by atoms with Gasteiger partial charge < -0.3 is 19.7 Å². The van der Waals surface area contributed by atoms with Crippen LogP contribution in [0.3, 0.4) is 0 Å². The number of ether oxygens (including phenoxy) is 1. The number of benzene rings is 1. The third-order valence-electron chi connectivity index (χ3n) is 4.40. The van der Waals surface area contributed by atoms with E-state index in [9.17, 15) is 14.4 Å². The molecule has 2 rings (SSSR count). The van der Waals surface area contributed by atoms with Gasteiger partial charge in [0.15, 0.2) is 0 Å². The second-order valence-electron chi connectivity index (χ2n) is 5.88. The quantitative estimate of drug-likeness (QED) is 0.770. The number of hydrogen-bond acceptors (Lipinski definition) is 4. The minimum absolute atomic E-state index is 0.0626. The van der Waals surface area contributed by atoms with E-state index in [4.69, 9.17) is 4.74 Å². The van der Waals surface area contributed by atoms with Gasteiger partial charge in [0.1, 0.15) is 12.0 Å². The predicted molar refractivity (Wildman–Crippen MR) is 89.9 cm³/mol. The molecule has 2 atom stereocenters. The van der Waals surface area contributed by atoms with Gasteiger partial charge >= 0.3 is 0 Å². The minimum atomic E-state index is -0.847. The van der Waals surface area contributed by atoms with E-state index in [1.54, 1.807) is 29.2 Å². The monoisotopic (exact) mass is 332 g/mol. The standard InChI is InChI=1S/C18H24N2O4/c1-3-13(18(23)20-10-6-7-11-20)15(12-21)19-17(22)14-8-4-5-9-16(14)24-2/h4-5,8-9,12-13,15H,3,6-7,10-11H2,1-2H3,(H,19,22)/t13?,15-/m1/s1. The molecule has 1 aromatic carbocycles. The Balaban J connectivity index is 2.13. The second-order valence-corrected chi connectivity index (χ2v) is 5.88. The van der Waals surface area contributed by atoms with Crippen LogP contribution in [0.2, 0.25) is 0 Å². The number of carbonyl (C=O) groups excluding carboxylic acids is 3. The van der Waals surface area contributed by atoms with Crippen LogP contribution in [-0.4, -0.2) is 49.2 Å². The molecule has 130 valence electrons. The maximum atomic E-state index is 12.6. The average Bonchev–Trinajstić information content (AvgIpc) is 3.15. The molecular weight excluding hydrogens is 308 g/mol. The zero-order valence-corrected chi connectivity index (χ0v) is 14.2. The van der Waals surface area contributed by atoms with Gasteiger partial charge in [-0.2, -0.15) is 0 Å². The Morgan fingerprint density at radius 1 is 1.29 bits per heavy atom. The zero-order chi connectivity index (χ0) is 17.5. The van der Waals surface area contributed by atoms with Crippen LogP contribution in [0.5, 0.6) is 5.75 Å². The molecule has 1 saturated heterocycles. The van der Waals surface area contributed by atoms with E-state index in [1.807, 2.05) is 6.92 Å². The number of para-hydroxylation sites is 1. The van der Waals surface area contributed by atoms with E-state index < -0.39 is 17.9 Å². The van der Waals surface area contributed by atoms with Crippen LogP contribution < -0.4 is 10.1 Å². The number of amides is 2. The number of nitrogens with one attached hydrogen (secondary N) is 1. The Labute approximate surface area is 142 Å². The summed E-state index contributed by atoms with van der Waals surface area (Å²) in [6.07, 6.45) is 3.11. The van der Waals surface area contributed by atoms with E-state index >= 15 is 0 Å². The largest absolute Gasteiger partial charge is 0.496 e. The summed E-state index contributed by atoms with van der Waals surface area (Å²) in [6, 6.07) is 5.94. The van der Waals surface area contributed by atoms with Crippen LogP contribution >= 0.6 is 0 Å². The molecule has 0 aromatic heterocycles. The van der Waals surface area contributed by atoms with E-state index in [2.05, 4.69) is 5.32 Å². The molecule has 1 heterocycles. The molecule has 1 unspecified atom stereocenters. The first-order valence-electron chi connectivity index (χ1n) is 8.30. The van der Waals surface area contributed by atoms with Gasteiger partial charge in [-0.3, -0.25) is 9.59 Å². The SMILES string of the molecule is CCC(C(=O)N1CCCC1)[C@@H](C=O)NC(=O)c1ccccc1OC. The fourth-order valence-corrected chi connectivity index (χ4v) is 3.04. The molecule has 1 aliphatic rings. The molecule has 6 nitrogen and oxygen atoms in total. The summed E-state index contributed by atoms with van der Waals surface area (Å²) in [5.74, 6) is -0.595. The van der Waals surface area contributed by atoms with Crippen molar-refractivity contribution < 1.29 is 19.1 Å².